The number of hydrogen-bond donors (Lipinski definition) is 1. The summed E-state index contributed by atoms with van der Waals surface area (Å²) >= 11 is 0. The molecule has 1 aliphatic carbocycles. The summed E-state index contributed by atoms with van der Waals surface area (Å²) in [7, 11) is 0. The average Bonchev–Trinajstić information content (AvgIpc) is 2.74. The first-order valence-electron chi connectivity index (χ1n) is 4.96. The van der Waals surface area contributed by atoms with Crippen LogP contribution in [0.1, 0.15) is 13.8 Å². The molecule has 0 amide bonds. The minimum atomic E-state index is -2.73. The van der Waals surface area contributed by atoms with E-state index in [1.54, 1.807) is 13.8 Å². The molecule has 0 aromatic carbocycles. The Balaban J connectivity index is 2.51. The zero-order valence-corrected chi connectivity index (χ0v) is 9.37. The van der Waals surface area contributed by atoms with Crippen LogP contribution >= 0.6 is 0 Å². The van der Waals surface area contributed by atoms with Gasteiger partial charge < -0.3 is 9.84 Å². The molecule has 0 aromatic rings. The Bertz CT molecular complexity index is 392. The Morgan fingerprint density at radius 1 is 1.47 bits per heavy atom. The van der Waals surface area contributed by atoms with E-state index in [1.807, 2.05) is 5.92 Å². The third-order valence-electron chi connectivity index (χ3n) is 2.76. The molecule has 2 unspecified atom stereocenters. The topological polar surface area (TPSA) is 63.6 Å². The number of alkyl halides is 2. The standard InChI is InChI=1S/C11H12F2O4/c1-11(2)6(9(11)10(15)16)3-4-8(14)17-5-7(12)13/h6-7,9H,5H2,1-2H3,(H,15,16). The highest BCUT2D eigenvalue weighted by molar-refractivity contribution is 5.89. The van der Waals surface area contributed by atoms with Crippen molar-refractivity contribution in [2.45, 2.75) is 20.3 Å². The van der Waals surface area contributed by atoms with Gasteiger partial charge in [0.25, 0.3) is 6.43 Å². The van der Waals surface area contributed by atoms with Gasteiger partial charge in [0, 0.05) is 11.8 Å². The fourth-order valence-electron chi connectivity index (χ4n) is 1.68. The van der Waals surface area contributed by atoms with Gasteiger partial charge in [0.1, 0.15) is 0 Å². The summed E-state index contributed by atoms with van der Waals surface area (Å²) in [5.74, 6) is 1.38. The number of carbonyl (C=O) groups is 2. The van der Waals surface area contributed by atoms with Crippen LogP contribution in [0.15, 0.2) is 0 Å². The predicted molar refractivity (Wildman–Crippen MR) is 53.1 cm³/mol. The molecule has 17 heavy (non-hydrogen) atoms. The van der Waals surface area contributed by atoms with Crippen LogP contribution in [-0.4, -0.2) is 30.1 Å². The van der Waals surface area contributed by atoms with Crippen molar-refractivity contribution in [1.29, 1.82) is 0 Å². The molecule has 0 bridgehead atoms. The maximum atomic E-state index is 11.7. The van der Waals surface area contributed by atoms with Gasteiger partial charge >= 0.3 is 11.9 Å². The molecule has 1 N–H and O–H groups in total. The molecule has 0 saturated heterocycles. The third-order valence-corrected chi connectivity index (χ3v) is 2.76. The zero-order valence-electron chi connectivity index (χ0n) is 9.37. The van der Waals surface area contributed by atoms with E-state index in [9.17, 15) is 18.4 Å². The molecular formula is C11H12F2O4. The number of ether oxygens (including phenoxy) is 1. The third kappa shape index (κ3) is 3.16. The van der Waals surface area contributed by atoms with Crippen LogP contribution in [0.5, 0.6) is 0 Å². The fourth-order valence-corrected chi connectivity index (χ4v) is 1.68. The Morgan fingerprint density at radius 2 is 2.06 bits per heavy atom. The number of esters is 1. The molecule has 4 nitrogen and oxygen atoms in total. The van der Waals surface area contributed by atoms with Crippen molar-refractivity contribution in [2.24, 2.45) is 17.3 Å². The number of carboxylic acid groups (broad SMARTS) is 1. The normalized spacial score (nSPS) is 24.8. The van der Waals surface area contributed by atoms with Crippen LogP contribution in [0.3, 0.4) is 0 Å². The largest absolute Gasteiger partial charge is 0.481 e. The van der Waals surface area contributed by atoms with Crippen molar-refractivity contribution in [1.82, 2.24) is 0 Å². The van der Waals surface area contributed by atoms with E-state index in [0.29, 0.717) is 0 Å². The number of rotatable bonds is 3. The first kappa shape index (κ1) is 13.4. The van der Waals surface area contributed by atoms with E-state index >= 15 is 0 Å². The zero-order chi connectivity index (χ0) is 13.2. The first-order valence-corrected chi connectivity index (χ1v) is 4.96. The molecular weight excluding hydrogens is 234 g/mol. The highest BCUT2D eigenvalue weighted by atomic mass is 19.3. The lowest BCUT2D eigenvalue weighted by atomic mass is 10.1. The van der Waals surface area contributed by atoms with Gasteiger partial charge in [0.05, 0.1) is 5.92 Å². The van der Waals surface area contributed by atoms with Gasteiger partial charge in [-0.05, 0) is 5.41 Å². The van der Waals surface area contributed by atoms with Crippen LogP contribution in [0.25, 0.3) is 0 Å². The summed E-state index contributed by atoms with van der Waals surface area (Å²) in [6.07, 6.45) is -2.73. The van der Waals surface area contributed by atoms with Crippen molar-refractivity contribution in [3.63, 3.8) is 0 Å². The fraction of sp³-hybridized carbons (Fsp3) is 0.636. The van der Waals surface area contributed by atoms with Crippen LogP contribution in [0.4, 0.5) is 8.78 Å². The summed E-state index contributed by atoms with van der Waals surface area (Å²) in [4.78, 5) is 21.7. The molecule has 0 spiro atoms. The second-order valence-electron chi connectivity index (χ2n) is 4.37. The Hall–Kier alpha value is -1.64. The van der Waals surface area contributed by atoms with Gasteiger partial charge in [-0.25, -0.2) is 13.6 Å². The second-order valence-corrected chi connectivity index (χ2v) is 4.37. The highest BCUT2D eigenvalue weighted by Gasteiger charge is 2.61. The SMILES string of the molecule is CC1(C)C(C#CC(=O)OCC(F)F)C1C(=O)O. The molecule has 1 aliphatic rings. The predicted octanol–water partition coefficient (Wildman–Crippen LogP) is 1.15. The van der Waals surface area contributed by atoms with Gasteiger partial charge in [-0.2, -0.15) is 0 Å². The molecule has 2 atom stereocenters. The molecule has 1 fully saturated rings. The molecule has 0 aromatic heterocycles. The maximum Gasteiger partial charge on any atom is 0.384 e. The van der Waals surface area contributed by atoms with E-state index in [4.69, 9.17) is 5.11 Å². The first-order chi connectivity index (χ1) is 7.76. The minimum absolute atomic E-state index is 0.445. The van der Waals surface area contributed by atoms with Gasteiger partial charge in [-0.1, -0.05) is 19.8 Å². The molecule has 1 rings (SSSR count). The van der Waals surface area contributed by atoms with E-state index < -0.39 is 42.2 Å². The summed E-state index contributed by atoms with van der Waals surface area (Å²) in [5.41, 5.74) is -0.498. The quantitative estimate of drug-likeness (QED) is 0.461. The molecule has 6 heteroatoms. The summed E-state index contributed by atoms with van der Waals surface area (Å²) in [6.45, 7) is 2.44. The minimum Gasteiger partial charge on any atom is -0.481 e. The summed E-state index contributed by atoms with van der Waals surface area (Å²) < 4.78 is 27.5. The van der Waals surface area contributed by atoms with Crippen molar-refractivity contribution in [3.8, 4) is 11.8 Å². The molecule has 0 heterocycles. The molecule has 1 saturated carbocycles. The lowest BCUT2D eigenvalue weighted by Crippen LogP contribution is -2.09. The summed E-state index contributed by atoms with van der Waals surface area (Å²) in [6, 6.07) is 0. The van der Waals surface area contributed by atoms with Crippen LogP contribution < -0.4 is 0 Å². The van der Waals surface area contributed by atoms with Crippen molar-refractivity contribution in [3.05, 3.63) is 0 Å². The van der Waals surface area contributed by atoms with E-state index in [2.05, 4.69) is 10.7 Å². The number of carbonyl (C=O) groups excluding carboxylic acids is 1. The molecule has 94 valence electrons. The highest BCUT2D eigenvalue weighted by Crippen LogP contribution is 2.57. The smallest absolute Gasteiger partial charge is 0.384 e. The Labute approximate surface area is 96.9 Å². The van der Waals surface area contributed by atoms with Gasteiger partial charge in [-0.3, -0.25) is 4.79 Å². The lowest BCUT2D eigenvalue weighted by Gasteiger charge is -1.97. The van der Waals surface area contributed by atoms with Gasteiger partial charge in [-0.15, -0.1) is 0 Å². The van der Waals surface area contributed by atoms with Crippen molar-refractivity contribution >= 4 is 11.9 Å². The van der Waals surface area contributed by atoms with E-state index in [0.717, 1.165) is 0 Å². The average molecular weight is 246 g/mol. The number of carboxylic acids is 1. The summed E-state index contributed by atoms with van der Waals surface area (Å²) in [5, 5.41) is 8.82. The van der Waals surface area contributed by atoms with Gasteiger partial charge in [0.2, 0.25) is 0 Å². The molecule has 0 aliphatic heterocycles. The van der Waals surface area contributed by atoms with E-state index in [1.165, 1.54) is 0 Å². The Kier molecular flexibility index (Phi) is 3.71. The Morgan fingerprint density at radius 3 is 2.47 bits per heavy atom. The van der Waals surface area contributed by atoms with Crippen LogP contribution in [-0.2, 0) is 14.3 Å². The maximum absolute atomic E-state index is 11.7. The van der Waals surface area contributed by atoms with Crippen molar-refractivity contribution in [2.75, 3.05) is 6.61 Å². The number of aliphatic carboxylic acids is 1. The lowest BCUT2D eigenvalue weighted by molar-refractivity contribution is -0.141. The van der Waals surface area contributed by atoms with Crippen LogP contribution in [0.2, 0.25) is 0 Å². The number of halogens is 2. The second kappa shape index (κ2) is 4.70. The van der Waals surface area contributed by atoms with Crippen molar-refractivity contribution < 1.29 is 28.2 Å². The van der Waals surface area contributed by atoms with Crippen LogP contribution in [0, 0.1) is 29.1 Å². The van der Waals surface area contributed by atoms with Gasteiger partial charge in [0.15, 0.2) is 6.61 Å². The molecule has 0 radical (unpaired) electrons. The monoisotopic (exact) mass is 246 g/mol. The van der Waals surface area contributed by atoms with E-state index in [-0.39, 0.29) is 0 Å². The number of hydrogen-bond acceptors (Lipinski definition) is 3.